The topological polar surface area (TPSA) is 58.6 Å². The molecule has 1 aromatic rings. The Bertz CT molecular complexity index is 582. The minimum Gasteiger partial charge on any atom is -0.490 e. The third kappa shape index (κ3) is 4.49. The highest BCUT2D eigenvalue weighted by atomic mass is 16.5. The van der Waals surface area contributed by atoms with Crippen LogP contribution in [0.5, 0.6) is 5.75 Å². The summed E-state index contributed by atoms with van der Waals surface area (Å²) in [4.78, 5) is 25.6. The monoisotopic (exact) mass is 330 g/mol. The Morgan fingerprint density at radius 1 is 1.17 bits per heavy atom. The number of benzene rings is 1. The van der Waals surface area contributed by atoms with Gasteiger partial charge in [-0.15, -0.1) is 0 Å². The highest BCUT2D eigenvalue weighted by molar-refractivity contribution is 5.85. The van der Waals surface area contributed by atoms with Crippen LogP contribution in [0.2, 0.25) is 0 Å². The van der Waals surface area contributed by atoms with E-state index in [0.717, 1.165) is 37.0 Å². The number of carbonyl (C=O) groups is 2. The smallest absolute Gasteiger partial charge is 0.239 e. The van der Waals surface area contributed by atoms with Crippen molar-refractivity contribution in [1.82, 2.24) is 10.2 Å². The molecule has 5 heteroatoms. The maximum absolute atomic E-state index is 12.1. The van der Waals surface area contributed by atoms with E-state index < -0.39 is 0 Å². The van der Waals surface area contributed by atoms with Gasteiger partial charge in [0.2, 0.25) is 11.8 Å². The van der Waals surface area contributed by atoms with E-state index in [2.05, 4.69) is 5.32 Å². The molecule has 3 rings (SSSR count). The summed E-state index contributed by atoms with van der Waals surface area (Å²) in [6, 6.07) is 7.86. The third-order valence-electron chi connectivity index (χ3n) is 4.80. The van der Waals surface area contributed by atoms with Crippen molar-refractivity contribution >= 4 is 11.8 Å². The van der Waals surface area contributed by atoms with Crippen LogP contribution in [-0.2, 0) is 16.1 Å². The Balaban J connectivity index is 1.52. The van der Waals surface area contributed by atoms with Crippen molar-refractivity contribution < 1.29 is 14.3 Å². The van der Waals surface area contributed by atoms with Gasteiger partial charge in [0.25, 0.3) is 0 Å². The lowest BCUT2D eigenvalue weighted by atomic mass is 10.1. The normalized spacial score (nSPS) is 18.7. The van der Waals surface area contributed by atoms with E-state index in [0.29, 0.717) is 25.6 Å². The van der Waals surface area contributed by atoms with Crippen LogP contribution in [0, 0.1) is 0 Å². The summed E-state index contributed by atoms with van der Waals surface area (Å²) in [5.74, 6) is 0.834. The fraction of sp³-hybridized carbons (Fsp3) is 0.579. The van der Waals surface area contributed by atoms with Gasteiger partial charge < -0.3 is 15.0 Å². The Morgan fingerprint density at radius 3 is 2.75 bits per heavy atom. The van der Waals surface area contributed by atoms with Gasteiger partial charge in [0, 0.05) is 25.1 Å². The number of hydrogen-bond acceptors (Lipinski definition) is 3. The number of nitrogens with one attached hydrogen (secondary N) is 1. The quantitative estimate of drug-likeness (QED) is 0.872. The van der Waals surface area contributed by atoms with Gasteiger partial charge in [0.05, 0.1) is 12.6 Å². The lowest BCUT2D eigenvalue weighted by molar-refractivity contribution is -0.137. The lowest BCUT2D eigenvalue weighted by Crippen LogP contribution is -2.42. The first-order valence-corrected chi connectivity index (χ1v) is 9.01. The summed E-state index contributed by atoms with van der Waals surface area (Å²) in [6.45, 7) is 1.28. The van der Waals surface area contributed by atoms with Crippen molar-refractivity contribution in [3.63, 3.8) is 0 Å². The van der Waals surface area contributed by atoms with Gasteiger partial charge in [-0.05, 0) is 44.6 Å². The van der Waals surface area contributed by atoms with Crippen LogP contribution >= 0.6 is 0 Å². The Hall–Kier alpha value is -2.04. The first kappa shape index (κ1) is 16.8. The summed E-state index contributed by atoms with van der Waals surface area (Å²) in [5.41, 5.74) is 0.989. The second-order valence-corrected chi connectivity index (χ2v) is 6.68. The van der Waals surface area contributed by atoms with E-state index in [9.17, 15) is 9.59 Å². The Kier molecular flexibility index (Phi) is 5.72. The molecule has 0 aromatic heterocycles. The van der Waals surface area contributed by atoms with Gasteiger partial charge in [-0.3, -0.25) is 9.59 Å². The lowest BCUT2D eigenvalue weighted by Gasteiger charge is -2.26. The average molecular weight is 330 g/mol. The average Bonchev–Trinajstić information content (AvgIpc) is 3.09. The van der Waals surface area contributed by atoms with Crippen molar-refractivity contribution in [2.45, 2.75) is 57.6 Å². The fourth-order valence-electron chi connectivity index (χ4n) is 3.40. The molecule has 0 atom stereocenters. The van der Waals surface area contributed by atoms with Crippen LogP contribution in [-0.4, -0.2) is 35.9 Å². The number of rotatable bonds is 6. The highest BCUT2D eigenvalue weighted by Gasteiger charge is 2.21. The number of likely N-dealkylation sites (tertiary alicyclic amines) is 1. The predicted octanol–water partition coefficient (Wildman–Crippen LogP) is 2.64. The van der Waals surface area contributed by atoms with E-state index >= 15 is 0 Å². The van der Waals surface area contributed by atoms with Gasteiger partial charge >= 0.3 is 0 Å². The van der Waals surface area contributed by atoms with Crippen LogP contribution in [0.3, 0.4) is 0 Å². The summed E-state index contributed by atoms with van der Waals surface area (Å²) in [5, 5.41) is 2.92. The van der Waals surface area contributed by atoms with Crippen molar-refractivity contribution in [3.05, 3.63) is 29.8 Å². The molecule has 0 unspecified atom stereocenters. The zero-order chi connectivity index (χ0) is 16.8. The first-order valence-electron chi connectivity index (χ1n) is 9.01. The number of ether oxygens (including phenoxy) is 1. The van der Waals surface area contributed by atoms with Crippen molar-refractivity contribution in [2.24, 2.45) is 0 Å². The molecule has 1 saturated carbocycles. The van der Waals surface area contributed by atoms with Gasteiger partial charge in [-0.1, -0.05) is 18.2 Å². The zero-order valence-corrected chi connectivity index (χ0v) is 14.1. The molecule has 5 nitrogen and oxygen atoms in total. The molecule has 1 aromatic carbocycles. The molecule has 0 radical (unpaired) electrons. The number of nitrogens with zero attached hydrogens (tertiary/aromatic N) is 1. The number of carbonyl (C=O) groups excluding carboxylic acids is 2. The van der Waals surface area contributed by atoms with Crippen molar-refractivity contribution in [1.29, 1.82) is 0 Å². The van der Waals surface area contributed by atoms with Gasteiger partial charge in [-0.25, -0.2) is 0 Å². The van der Waals surface area contributed by atoms with Crippen molar-refractivity contribution in [3.8, 4) is 5.75 Å². The van der Waals surface area contributed by atoms with E-state index in [4.69, 9.17) is 4.74 Å². The molecule has 0 bridgehead atoms. The molecule has 1 N–H and O–H groups in total. The van der Waals surface area contributed by atoms with E-state index in [1.807, 2.05) is 24.3 Å². The van der Waals surface area contributed by atoms with Crippen LogP contribution in [0.15, 0.2) is 24.3 Å². The molecule has 2 aliphatic rings. The number of amides is 2. The summed E-state index contributed by atoms with van der Waals surface area (Å²) in [7, 11) is 0. The molecular weight excluding hydrogens is 304 g/mol. The number of hydrogen-bond donors (Lipinski definition) is 1. The van der Waals surface area contributed by atoms with E-state index in [1.54, 1.807) is 4.90 Å². The molecule has 130 valence electrons. The molecule has 0 spiro atoms. The molecule has 1 aliphatic carbocycles. The van der Waals surface area contributed by atoms with E-state index in [-0.39, 0.29) is 18.4 Å². The summed E-state index contributed by atoms with van der Waals surface area (Å²) < 4.78 is 6.09. The van der Waals surface area contributed by atoms with Gasteiger partial charge in [0.1, 0.15) is 5.75 Å². The van der Waals surface area contributed by atoms with Gasteiger partial charge in [0.15, 0.2) is 0 Å². The minimum absolute atomic E-state index is 0.0846. The SMILES string of the molecule is O=C(CN1CCCCC1=O)NCc1ccccc1OC1CCCC1. The molecule has 1 aliphatic heterocycles. The molecule has 24 heavy (non-hydrogen) atoms. The second kappa shape index (κ2) is 8.18. The maximum Gasteiger partial charge on any atom is 0.239 e. The summed E-state index contributed by atoms with van der Waals surface area (Å²) >= 11 is 0. The molecule has 1 heterocycles. The van der Waals surface area contributed by atoms with Crippen LogP contribution in [0.4, 0.5) is 0 Å². The number of piperidine rings is 1. The predicted molar refractivity (Wildman–Crippen MR) is 91.6 cm³/mol. The Labute approximate surface area is 143 Å². The van der Waals surface area contributed by atoms with Crippen LogP contribution in [0.25, 0.3) is 0 Å². The third-order valence-corrected chi connectivity index (χ3v) is 4.80. The van der Waals surface area contributed by atoms with Gasteiger partial charge in [-0.2, -0.15) is 0 Å². The van der Waals surface area contributed by atoms with Crippen molar-refractivity contribution in [2.75, 3.05) is 13.1 Å². The molecular formula is C19H26N2O3. The van der Waals surface area contributed by atoms with Crippen LogP contribution < -0.4 is 10.1 Å². The standard InChI is InChI=1S/C19H26N2O3/c22-18(14-21-12-6-5-11-19(21)23)20-13-15-7-1-4-10-17(15)24-16-8-2-3-9-16/h1,4,7,10,16H,2-3,5-6,8-9,11-14H2,(H,20,22). The van der Waals surface area contributed by atoms with Crippen LogP contribution in [0.1, 0.15) is 50.5 Å². The zero-order valence-electron chi connectivity index (χ0n) is 14.1. The maximum atomic E-state index is 12.1. The largest absolute Gasteiger partial charge is 0.490 e. The second-order valence-electron chi connectivity index (χ2n) is 6.68. The minimum atomic E-state index is -0.110. The molecule has 2 amide bonds. The summed E-state index contributed by atoms with van der Waals surface area (Å²) in [6.07, 6.45) is 7.45. The Morgan fingerprint density at radius 2 is 1.96 bits per heavy atom. The molecule has 2 fully saturated rings. The highest BCUT2D eigenvalue weighted by Crippen LogP contribution is 2.26. The molecule has 1 saturated heterocycles. The number of para-hydroxylation sites is 1. The fourth-order valence-corrected chi connectivity index (χ4v) is 3.40. The first-order chi connectivity index (χ1) is 11.7. The van der Waals surface area contributed by atoms with E-state index in [1.165, 1.54) is 12.8 Å².